The van der Waals surface area contributed by atoms with Gasteiger partial charge in [0.2, 0.25) is 0 Å². The number of hydrogen-bond donors (Lipinski definition) is 1. The monoisotopic (exact) mass is 263 g/mol. The van der Waals surface area contributed by atoms with Gasteiger partial charge in [0.25, 0.3) is 0 Å². The van der Waals surface area contributed by atoms with E-state index in [0.717, 1.165) is 0 Å². The van der Waals surface area contributed by atoms with Crippen molar-refractivity contribution in [3.05, 3.63) is 35.0 Å². The lowest BCUT2D eigenvalue weighted by atomic mass is 9.98. The summed E-state index contributed by atoms with van der Waals surface area (Å²) in [4.78, 5) is 0. The number of rotatable bonds is 2. The molecule has 2 aromatic rings. The fourth-order valence-corrected chi connectivity index (χ4v) is 2.09. The minimum atomic E-state index is -4.44. The molecule has 1 aromatic heterocycles. The van der Waals surface area contributed by atoms with Crippen molar-refractivity contribution >= 4 is 22.6 Å². The second kappa shape index (κ2) is 4.23. The first kappa shape index (κ1) is 12.3. The molecule has 0 bridgehead atoms. The Bertz CT molecular complexity index is 535. The third-order valence-corrected chi connectivity index (χ3v) is 2.85. The molecule has 1 unspecified atom stereocenters. The Labute approximate surface area is 100 Å². The molecule has 0 amide bonds. The molecule has 2 N–H and O–H groups in total. The maximum absolute atomic E-state index is 12.8. The number of nitrogens with two attached hydrogens (primary N) is 1. The van der Waals surface area contributed by atoms with E-state index in [1.54, 1.807) is 18.2 Å². The van der Waals surface area contributed by atoms with Gasteiger partial charge in [0.05, 0.1) is 5.92 Å². The summed E-state index contributed by atoms with van der Waals surface area (Å²) in [6, 6.07) is 6.39. The highest BCUT2D eigenvalue weighted by Crippen LogP contribution is 2.42. The van der Waals surface area contributed by atoms with Gasteiger partial charge in [-0.2, -0.15) is 13.2 Å². The molecule has 2 nitrogen and oxygen atoms in total. The third-order valence-electron chi connectivity index (χ3n) is 2.57. The number of fused-ring (bicyclic) bond motifs is 1. The van der Waals surface area contributed by atoms with E-state index in [-0.39, 0.29) is 10.8 Å². The summed E-state index contributed by atoms with van der Waals surface area (Å²) in [6.07, 6.45) is -4.44. The van der Waals surface area contributed by atoms with Crippen molar-refractivity contribution < 1.29 is 17.6 Å². The first-order valence-corrected chi connectivity index (χ1v) is 5.26. The van der Waals surface area contributed by atoms with Crippen LogP contribution in [0.15, 0.2) is 28.7 Å². The first-order valence-electron chi connectivity index (χ1n) is 4.89. The van der Waals surface area contributed by atoms with Crippen molar-refractivity contribution in [2.24, 2.45) is 5.73 Å². The maximum Gasteiger partial charge on any atom is 0.397 e. The van der Waals surface area contributed by atoms with Crippen LogP contribution in [-0.2, 0) is 0 Å². The quantitative estimate of drug-likeness (QED) is 0.897. The number of hydrogen-bond acceptors (Lipinski definition) is 2. The SMILES string of the molecule is NCC(c1c(Cl)oc2ccccc12)C(F)(F)F. The van der Waals surface area contributed by atoms with Crippen molar-refractivity contribution in [1.82, 2.24) is 0 Å². The Morgan fingerprint density at radius 1 is 1.29 bits per heavy atom. The smallest absolute Gasteiger partial charge is 0.397 e. The molecule has 1 atom stereocenters. The molecule has 1 aromatic carbocycles. The van der Waals surface area contributed by atoms with Crippen LogP contribution >= 0.6 is 11.6 Å². The van der Waals surface area contributed by atoms with E-state index in [4.69, 9.17) is 21.8 Å². The lowest BCUT2D eigenvalue weighted by Crippen LogP contribution is -2.28. The number of alkyl halides is 3. The van der Waals surface area contributed by atoms with Crippen LogP contribution in [0.4, 0.5) is 13.2 Å². The lowest BCUT2D eigenvalue weighted by molar-refractivity contribution is -0.147. The highest BCUT2D eigenvalue weighted by Gasteiger charge is 2.42. The van der Waals surface area contributed by atoms with Crippen molar-refractivity contribution in [3.8, 4) is 0 Å². The highest BCUT2D eigenvalue weighted by atomic mass is 35.5. The summed E-state index contributed by atoms with van der Waals surface area (Å²) in [5, 5.41) is 0.101. The fourth-order valence-electron chi connectivity index (χ4n) is 1.78. The number of benzene rings is 1. The van der Waals surface area contributed by atoms with Crippen LogP contribution in [0, 0.1) is 0 Å². The number of furan rings is 1. The molecule has 0 saturated carbocycles. The molecule has 2 rings (SSSR count). The minimum Gasteiger partial charge on any atom is -0.444 e. The Balaban J connectivity index is 2.65. The number of halogens is 4. The molecule has 17 heavy (non-hydrogen) atoms. The van der Waals surface area contributed by atoms with Crippen molar-refractivity contribution in [2.75, 3.05) is 6.54 Å². The van der Waals surface area contributed by atoms with Crippen LogP contribution in [0.25, 0.3) is 11.0 Å². The van der Waals surface area contributed by atoms with Crippen LogP contribution in [0.2, 0.25) is 5.22 Å². The van der Waals surface area contributed by atoms with Gasteiger partial charge >= 0.3 is 6.18 Å². The van der Waals surface area contributed by atoms with Crippen LogP contribution in [0.5, 0.6) is 0 Å². The first-order chi connectivity index (χ1) is 7.95. The topological polar surface area (TPSA) is 39.2 Å². The molecular weight excluding hydrogens is 255 g/mol. The fraction of sp³-hybridized carbons (Fsp3) is 0.273. The molecule has 0 aliphatic rings. The summed E-state index contributed by atoms with van der Waals surface area (Å²) >= 11 is 5.72. The number of para-hydroxylation sites is 1. The maximum atomic E-state index is 12.8. The van der Waals surface area contributed by atoms with Gasteiger partial charge in [-0.1, -0.05) is 18.2 Å². The Kier molecular flexibility index (Phi) is 3.05. The standard InChI is InChI=1S/C11H9ClF3NO/c12-10-9(7(5-16)11(13,14)15)6-3-1-2-4-8(6)17-10/h1-4,7H,5,16H2. The summed E-state index contributed by atoms with van der Waals surface area (Å²) in [6.45, 7) is -0.563. The Morgan fingerprint density at radius 3 is 2.53 bits per heavy atom. The molecule has 1 heterocycles. The zero-order chi connectivity index (χ0) is 12.6. The highest BCUT2D eigenvalue weighted by molar-refractivity contribution is 6.31. The molecule has 0 aliphatic carbocycles. The van der Waals surface area contributed by atoms with E-state index >= 15 is 0 Å². The molecule has 6 heteroatoms. The average Bonchev–Trinajstić information content (AvgIpc) is 2.55. The van der Waals surface area contributed by atoms with E-state index < -0.39 is 18.6 Å². The zero-order valence-electron chi connectivity index (χ0n) is 8.59. The van der Waals surface area contributed by atoms with Gasteiger partial charge in [-0.3, -0.25) is 0 Å². The van der Waals surface area contributed by atoms with Gasteiger partial charge in [-0.25, -0.2) is 0 Å². The van der Waals surface area contributed by atoms with Crippen molar-refractivity contribution in [3.63, 3.8) is 0 Å². The van der Waals surface area contributed by atoms with Crippen LogP contribution in [0.3, 0.4) is 0 Å². The molecule has 0 fully saturated rings. The molecule has 92 valence electrons. The van der Waals surface area contributed by atoms with E-state index in [1.807, 2.05) is 0 Å². The zero-order valence-corrected chi connectivity index (χ0v) is 9.35. The predicted octanol–water partition coefficient (Wildman–Crippen LogP) is 3.69. The largest absolute Gasteiger partial charge is 0.444 e. The minimum absolute atomic E-state index is 0.0859. The second-order valence-corrected chi connectivity index (χ2v) is 3.96. The molecule has 0 aliphatic heterocycles. The molecule has 0 saturated heterocycles. The third kappa shape index (κ3) is 2.12. The summed E-state index contributed by atoms with van der Waals surface area (Å²) in [5.74, 6) is -1.81. The van der Waals surface area contributed by atoms with Gasteiger partial charge < -0.3 is 10.2 Å². The van der Waals surface area contributed by atoms with Crippen LogP contribution < -0.4 is 5.73 Å². The van der Waals surface area contributed by atoms with Crippen LogP contribution in [0.1, 0.15) is 11.5 Å². The summed E-state index contributed by atoms with van der Waals surface area (Å²) in [5.41, 5.74) is 5.43. The average molecular weight is 264 g/mol. The van der Waals surface area contributed by atoms with Gasteiger partial charge in [0.1, 0.15) is 5.58 Å². The lowest BCUT2D eigenvalue weighted by Gasteiger charge is -2.17. The van der Waals surface area contributed by atoms with E-state index in [1.165, 1.54) is 6.07 Å². The predicted molar refractivity (Wildman–Crippen MR) is 59.1 cm³/mol. The Morgan fingerprint density at radius 2 is 1.94 bits per heavy atom. The van der Waals surface area contributed by atoms with E-state index in [9.17, 15) is 13.2 Å². The van der Waals surface area contributed by atoms with Gasteiger partial charge in [0, 0.05) is 17.5 Å². The normalized spacial score (nSPS) is 14.2. The molecular formula is C11H9ClF3NO. The van der Waals surface area contributed by atoms with E-state index in [0.29, 0.717) is 11.0 Å². The van der Waals surface area contributed by atoms with Crippen molar-refractivity contribution in [2.45, 2.75) is 12.1 Å². The summed E-state index contributed by atoms with van der Waals surface area (Å²) < 4.78 is 43.5. The van der Waals surface area contributed by atoms with Gasteiger partial charge in [-0.15, -0.1) is 0 Å². The van der Waals surface area contributed by atoms with Gasteiger partial charge in [0.15, 0.2) is 5.22 Å². The Hall–Kier alpha value is -1.20. The van der Waals surface area contributed by atoms with Gasteiger partial charge in [-0.05, 0) is 17.7 Å². The molecule has 0 spiro atoms. The summed E-state index contributed by atoms with van der Waals surface area (Å²) in [7, 11) is 0. The van der Waals surface area contributed by atoms with Crippen LogP contribution in [-0.4, -0.2) is 12.7 Å². The second-order valence-electron chi connectivity index (χ2n) is 3.62. The molecule has 0 radical (unpaired) electrons. The van der Waals surface area contributed by atoms with E-state index in [2.05, 4.69) is 0 Å². The van der Waals surface area contributed by atoms with Crippen molar-refractivity contribution in [1.29, 1.82) is 0 Å².